The van der Waals surface area contributed by atoms with Gasteiger partial charge in [0.25, 0.3) is 0 Å². The first-order valence-corrected chi connectivity index (χ1v) is 2.82. The molecule has 1 unspecified atom stereocenters. The predicted octanol–water partition coefficient (Wildman–Crippen LogP) is 0.505. The highest BCUT2D eigenvalue weighted by Crippen LogP contribution is 2.17. The fraction of sp³-hybridized carbons (Fsp3) is 1.00. The Morgan fingerprint density at radius 2 is 2.50 bits per heavy atom. The van der Waals surface area contributed by atoms with Crippen molar-refractivity contribution in [1.29, 1.82) is 0 Å². The number of nitrogens with one attached hydrogen (secondary N) is 1. The number of nitrogens with zero attached hydrogens (tertiary/aromatic N) is 1. The van der Waals surface area contributed by atoms with Crippen molar-refractivity contribution in [2.24, 2.45) is 5.18 Å². The Morgan fingerprint density at radius 1 is 1.75 bits per heavy atom. The summed E-state index contributed by atoms with van der Waals surface area (Å²) in [5.74, 6) is 0. The first kappa shape index (κ1) is 5.69. The number of hydrogen-bond donors (Lipinski definition) is 1. The predicted molar refractivity (Wildman–Crippen MR) is 31.7 cm³/mol. The lowest BCUT2D eigenvalue weighted by Gasteiger charge is -2.08. The Balaban J connectivity index is 2.52. The summed E-state index contributed by atoms with van der Waals surface area (Å²) in [7, 11) is 0. The highest BCUT2D eigenvalue weighted by molar-refractivity contribution is 4.90. The third-order valence-corrected chi connectivity index (χ3v) is 1.57. The summed E-state index contributed by atoms with van der Waals surface area (Å²) in [5, 5.41) is 6.08. The third-order valence-electron chi connectivity index (χ3n) is 1.57. The van der Waals surface area contributed by atoms with E-state index >= 15 is 0 Å². The van der Waals surface area contributed by atoms with Gasteiger partial charge in [-0.3, -0.25) is 0 Å². The second-order valence-electron chi connectivity index (χ2n) is 2.52. The lowest BCUT2D eigenvalue weighted by atomic mass is 10.0. The Labute approximate surface area is 48.4 Å². The summed E-state index contributed by atoms with van der Waals surface area (Å²) in [6.07, 6.45) is 0.885. The molecule has 46 valence electrons. The molecule has 3 heteroatoms. The Hall–Kier alpha value is -0.440. The van der Waals surface area contributed by atoms with E-state index in [2.05, 4.69) is 10.5 Å². The van der Waals surface area contributed by atoms with Crippen LogP contribution in [0.2, 0.25) is 0 Å². The van der Waals surface area contributed by atoms with E-state index in [-0.39, 0.29) is 5.54 Å². The molecule has 3 nitrogen and oxygen atoms in total. The maximum absolute atomic E-state index is 10.0. The standard InChI is InChI=1S/C5H10N2O/c1-5(7-8)2-3-6-4-5/h6H,2-4H2,1H3. The Kier molecular flexibility index (Phi) is 1.29. The van der Waals surface area contributed by atoms with Crippen molar-refractivity contribution in [2.75, 3.05) is 13.1 Å². The molecule has 1 aliphatic heterocycles. The minimum absolute atomic E-state index is 0.306. The number of nitroso groups, excluding NO2 is 1. The Bertz CT molecular complexity index is 96.6. The molecule has 0 amide bonds. The average molecular weight is 114 g/mol. The molecule has 0 radical (unpaired) electrons. The van der Waals surface area contributed by atoms with Crippen LogP contribution in [0.3, 0.4) is 0 Å². The molecule has 1 fully saturated rings. The van der Waals surface area contributed by atoms with E-state index in [0.29, 0.717) is 0 Å². The lowest BCUT2D eigenvalue weighted by Crippen LogP contribution is -2.23. The van der Waals surface area contributed by atoms with Crippen LogP contribution in [-0.2, 0) is 0 Å². The molecule has 0 saturated carbocycles. The van der Waals surface area contributed by atoms with Crippen LogP contribution in [0.4, 0.5) is 0 Å². The van der Waals surface area contributed by atoms with Gasteiger partial charge in [0.1, 0.15) is 5.54 Å². The van der Waals surface area contributed by atoms with Crippen LogP contribution >= 0.6 is 0 Å². The number of rotatable bonds is 1. The second-order valence-corrected chi connectivity index (χ2v) is 2.52. The van der Waals surface area contributed by atoms with Gasteiger partial charge in [0.15, 0.2) is 0 Å². The van der Waals surface area contributed by atoms with Crippen molar-refractivity contribution in [2.45, 2.75) is 18.9 Å². The molecule has 8 heavy (non-hydrogen) atoms. The Morgan fingerprint density at radius 3 is 2.75 bits per heavy atom. The molecule has 0 spiro atoms. The van der Waals surface area contributed by atoms with Crippen molar-refractivity contribution < 1.29 is 0 Å². The minimum Gasteiger partial charge on any atom is -0.314 e. The van der Waals surface area contributed by atoms with Crippen molar-refractivity contribution in [1.82, 2.24) is 5.32 Å². The molecule has 1 aliphatic rings. The van der Waals surface area contributed by atoms with Crippen LogP contribution in [0.25, 0.3) is 0 Å². The number of hydrogen-bond acceptors (Lipinski definition) is 3. The topological polar surface area (TPSA) is 41.5 Å². The van der Waals surface area contributed by atoms with Crippen molar-refractivity contribution in [3.05, 3.63) is 4.91 Å². The maximum Gasteiger partial charge on any atom is 0.113 e. The molecule has 0 bridgehead atoms. The van der Waals surface area contributed by atoms with Crippen LogP contribution in [-0.4, -0.2) is 18.6 Å². The molecule has 0 aromatic rings. The van der Waals surface area contributed by atoms with Crippen LogP contribution < -0.4 is 5.32 Å². The summed E-state index contributed by atoms with van der Waals surface area (Å²) < 4.78 is 0. The summed E-state index contributed by atoms with van der Waals surface area (Å²) >= 11 is 0. The normalized spacial score (nSPS) is 37.6. The molecule has 1 saturated heterocycles. The summed E-state index contributed by atoms with van der Waals surface area (Å²) in [6, 6.07) is 0. The molecule has 0 aromatic heterocycles. The van der Waals surface area contributed by atoms with Crippen LogP contribution in [0.15, 0.2) is 5.18 Å². The van der Waals surface area contributed by atoms with Gasteiger partial charge in [0.05, 0.1) is 0 Å². The van der Waals surface area contributed by atoms with Crippen molar-refractivity contribution in [3.63, 3.8) is 0 Å². The summed E-state index contributed by atoms with van der Waals surface area (Å²) in [6.45, 7) is 3.55. The second kappa shape index (κ2) is 1.82. The molecule has 1 atom stereocenters. The van der Waals surface area contributed by atoms with Gasteiger partial charge in [-0.2, -0.15) is 4.91 Å². The van der Waals surface area contributed by atoms with E-state index in [1.807, 2.05) is 6.92 Å². The quantitative estimate of drug-likeness (QED) is 0.504. The van der Waals surface area contributed by atoms with E-state index in [9.17, 15) is 4.91 Å². The fourth-order valence-electron chi connectivity index (χ4n) is 0.882. The fourth-order valence-corrected chi connectivity index (χ4v) is 0.882. The zero-order valence-electron chi connectivity index (χ0n) is 4.98. The van der Waals surface area contributed by atoms with Gasteiger partial charge >= 0.3 is 0 Å². The summed E-state index contributed by atoms with van der Waals surface area (Å²) in [4.78, 5) is 10.0. The molecular formula is C5H10N2O. The average Bonchev–Trinajstić information content (AvgIpc) is 2.17. The lowest BCUT2D eigenvalue weighted by molar-refractivity contribution is 0.518. The van der Waals surface area contributed by atoms with Gasteiger partial charge in [0, 0.05) is 6.54 Å². The first-order valence-electron chi connectivity index (χ1n) is 2.82. The van der Waals surface area contributed by atoms with Gasteiger partial charge < -0.3 is 5.32 Å². The molecule has 1 heterocycles. The largest absolute Gasteiger partial charge is 0.314 e. The van der Waals surface area contributed by atoms with E-state index in [1.54, 1.807) is 0 Å². The molecule has 0 aromatic carbocycles. The van der Waals surface area contributed by atoms with Crippen LogP contribution in [0.1, 0.15) is 13.3 Å². The molecule has 1 rings (SSSR count). The first-order chi connectivity index (χ1) is 3.77. The smallest absolute Gasteiger partial charge is 0.113 e. The van der Waals surface area contributed by atoms with Gasteiger partial charge in [0.2, 0.25) is 0 Å². The van der Waals surface area contributed by atoms with Gasteiger partial charge in [-0.25, -0.2) is 0 Å². The van der Waals surface area contributed by atoms with Gasteiger partial charge in [-0.15, -0.1) is 0 Å². The molecule has 0 aliphatic carbocycles. The van der Waals surface area contributed by atoms with E-state index in [1.165, 1.54) is 0 Å². The third kappa shape index (κ3) is 0.865. The van der Waals surface area contributed by atoms with Crippen molar-refractivity contribution in [3.8, 4) is 0 Å². The minimum atomic E-state index is -0.306. The van der Waals surface area contributed by atoms with Gasteiger partial charge in [-0.05, 0) is 19.9 Å². The van der Waals surface area contributed by atoms with Crippen LogP contribution in [0, 0.1) is 4.91 Å². The highest BCUT2D eigenvalue weighted by atomic mass is 16.3. The zero-order valence-corrected chi connectivity index (χ0v) is 4.98. The summed E-state index contributed by atoms with van der Waals surface area (Å²) in [5.41, 5.74) is -0.306. The van der Waals surface area contributed by atoms with Crippen LogP contribution in [0.5, 0.6) is 0 Å². The van der Waals surface area contributed by atoms with Gasteiger partial charge in [-0.1, -0.05) is 5.18 Å². The van der Waals surface area contributed by atoms with E-state index in [4.69, 9.17) is 0 Å². The highest BCUT2D eigenvalue weighted by Gasteiger charge is 2.28. The van der Waals surface area contributed by atoms with E-state index in [0.717, 1.165) is 19.5 Å². The monoisotopic (exact) mass is 114 g/mol. The SMILES string of the molecule is CC1(N=O)CCNC1. The van der Waals surface area contributed by atoms with Crippen molar-refractivity contribution >= 4 is 0 Å². The van der Waals surface area contributed by atoms with E-state index < -0.39 is 0 Å². The zero-order chi connectivity index (χ0) is 6.04. The molecule has 1 N–H and O–H groups in total. The maximum atomic E-state index is 10.0. The molecular weight excluding hydrogens is 104 g/mol.